The second kappa shape index (κ2) is 10.3. The molecule has 0 spiro atoms. The van der Waals surface area contributed by atoms with Gasteiger partial charge < -0.3 is 26.0 Å². The molecule has 1 aromatic carbocycles. The zero-order valence-electron chi connectivity index (χ0n) is 15.8. The average Bonchev–Trinajstić information content (AvgIpc) is 2.68. The predicted octanol–water partition coefficient (Wildman–Crippen LogP) is 2.19. The summed E-state index contributed by atoms with van der Waals surface area (Å²) in [6.07, 6.45) is 4.28. The summed E-state index contributed by atoms with van der Waals surface area (Å²) in [6.45, 7) is 4.62. The Labute approximate surface area is 160 Å². The molecule has 0 radical (unpaired) electrons. The summed E-state index contributed by atoms with van der Waals surface area (Å²) in [5, 5.41) is 23.1. The van der Waals surface area contributed by atoms with Crippen LogP contribution in [0.2, 0.25) is 0 Å². The van der Waals surface area contributed by atoms with Crippen LogP contribution in [0.15, 0.2) is 58.7 Å². The van der Waals surface area contributed by atoms with Gasteiger partial charge in [-0.3, -0.25) is 4.79 Å². The Morgan fingerprint density at radius 2 is 2.07 bits per heavy atom. The van der Waals surface area contributed by atoms with E-state index < -0.39 is 0 Å². The van der Waals surface area contributed by atoms with E-state index in [4.69, 9.17) is 5.41 Å². The number of unbranched alkanes of at least 4 members (excludes halogenated alkanes) is 1. The molecule has 1 amide bonds. The van der Waals surface area contributed by atoms with Gasteiger partial charge in [0.05, 0.1) is 11.3 Å². The Kier molecular flexibility index (Phi) is 7.76. The third-order valence-corrected chi connectivity index (χ3v) is 4.26. The van der Waals surface area contributed by atoms with Gasteiger partial charge in [-0.15, -0.1) is 0 Å². The van der Waals surface area contributed by atoms with Crippen molar-refractivity contribution < 1.29 is 9.90 Å². The van der Waals surface area contributed by atoms with E-state index in [9.17, 15) is 9.90 Å². The maximum atomic E-state index is 12.4. The van der Waals surface area contributed by atoms with Gasteiger partial charge >= 0.3 is 0 Å². The Hall–Kier alpha value is -2.93. The van der Waals surface area contributed by atoms with Crippen molar-refractivity contribution in [1.29, 1.82) is 5.41 Å². The van der Waals surface area contributed by atoms with Crippen molar-refractivity contribution in [3.63, 3.8) is 0 Å². The van der Waals surface area contributed by atoms with Crippen LogP contribution in [0.1, 0.15) is 25.3 Å². The predicted molar refractivity (Wildman–Crippen MR) is 108 cm³/mol. The first kappa shape index (κ1) is 20.4. The molecule has 0 aliphatic carbocycles. The summed E-state index contributed by atoms with van der Waals surface area (Å²) in [4.78, 5) is 19.1. The lowest BCUT2D eigenvalue weighted by Crippen LogP contribution is -2.31. The van der Waals surface area contributed by atoms with E-state index in [-0.39, 0.29) is 23.2 Å². The molecule has 7 nitrogen and oxygen atoms in total. The molecular formula is C20H27N5O2. The maximum Gasteiger partial charge on any atom is 0.256 e. The highest BCUT2D eigenvalue weighted by atomic mass is 16.3. The Bertz CT molecular complexity index is 753. The highest BCUT2D eigenvalue weighted by Gasteiger charge is 2.18. The monoisotopic (exact) mass is 369 g/mol. The minimum absolute atomic E-state index is 0.0776. The maximum absolute atomic E-state index is 12.4. The number of nitrogens with zero attached hydrogens (tertiary/aromatic N) is 2. The van der Waals surface area contributed by atoms with E-state index in [1.165, 1.54) is 6.08 Å². The quantitative estimate of drug-likeness (QED) is 0.304. The number of rotatable bonds is 9. The zero-order chi connectivity index (χ0) is 19.6. The SMILES string of the molecule is CCN(C)CCCCNC(=O)/C(C=N)=C1\N=C(c2ccccc2)C=C(O)N1. The summed E-state index contributed by atoms with van der Waals surface area (Å²) >= 11 is 0. The molecule has 0 fully saturated rings. The minimum Gasteiger partial charge on any atom is -0.494 e. The van der Waals surface area contributed by atoms with Gasteiger partial charge in [0, 0.05) is 24.4 Å². The average molecular weight is 369 g/mol. The van der Waals surface area contributed by atoms with Crippen LogP contribution in [0.25, 0.3) is 0 Å². The molecule has 1 aliphatic rings. The second-order valence-corrected chi connectivity index (χ2v) is 6.28. The number of amides is 1. The highest BCUT2D eigenvalue weighted by molar-refractivity contribution is 6.14. The Balaban J connectivity index is 2.06. The van der Waals surface area contributed by atoms with Crippen molar-refractivity contribution in [2.24, 2.45) is 4.99 Å². The van der Waals surface area contributed by atoms with Gasteiger partial charge in [0.25, 0.3) is 5.91 Å². The zero-order valence-corrected chi connectivity index (χ0v) is 15.8. The second-order valence-electron chi connectivity index (χ2n) is 6.28. The fourth-order valence-electron chi connectivity index (χ4n) is 2.56. The van der Waals surface area contributed by atoms with Gasteiger partial charge in [-0.2, -0.15) is 0 Å². The Morgan fingerprint density at radius 1 is 1.33 bits per heavy atom. The molecular weight excluding hydrogens is 342 g/mol. The van der Waals surface area contributed by atoms with Crippen molar-refractivity contribution in [3.8, 4) is 0 Å². The molecule has 144 valence electrons. The number of aliphatic hydroxyl groups excluding tert-OH is 1. The van der Waals surface area contributed by atoms with E-state index in [1.54, 1.807) is 0 Å². The molecule has 1 aromatic rings. The highest BCUT2D eigenvalue weighted by Crippen LogP contribution is 2.14. The van der Waals surface area contributed by atoms with E-state index >= 15 is 0 Å². The molecule has 2 rings (SSSR count). The van der Waals surface area contributed by atoms with Crippen molar-refractivity contribution in [2.45, 2.75) is 19.8 Å². The summed E-state index contributed by atoms with van der Waals surface area (Å²) < 4.78 is 0. The van der Waals surface area contributed by atoms with Crippen molar-refractivity contribution in [2.75, 3.05) is 26.7 Å². The largest absolute Gasteiger partial charge is 0.494 e. The van der Waals surface area contributed by atoms with Gasteiger partial charge in [0.1, 0.15) is 5.82 Å². The number of nitrogens with one attached hydrogen (secondary N) is 3. The van der Waals surface area contributed by atoms with Gasteiger partial charge in [-0.05, 0) is 33.0 Å². The van der Waals surface area contributed by atoms with Crippen LogP contribution >= 0.6 is 0 Å². The standard InChI is InChI=1S/C20H27N5O2/c1-3-25(2)12-8-7-11-22-20(27)16(14-21)19-23-17(13-18(26)24-19)15-9-5-4-6-10-15/h4-6,9-10,13-14,21,24,26H,3,7-8,11-12H2,1-2H3,(H,22,27)/b19-16+,21-14?. The molecule has 1 heterocycles. The first-order valence-corrected chi connectivity index (χ1v) is 9.08. The van der Waals surface area contributed by atoms with Gasteiger partial charge in [0.15, 0.2) is 5.88 Å². The number of carbonyl (C=O) groups is 1. The number of benzene rings is 1. The fraction of sp³-hybridized carbons (Fsp3) is 0.350. The first-order valence-electron chi connectivity index (χ1n) is 9.08. The van der Waals surface area contributed by atoms with Crippen LogP contribution < -0.4 is 10.6 Å². The summed E-state index contributed by atoms with van der Waals surface area (Å²) in [7, 11) is 2.06. The van der Waals surface area contributed by atoms with Crippen LogP contribution in [0, 0.1) is 5.41 Å². The lowest BCUT2D eigenvalue weighted by atomic mass is 10.1. The van der Waals surface area contributed by atoms with Crippen molar-refractivity contribution >= 4 is 17.8 Å². The molecule has 0 unspecified atom stereocenters. The number of aliphatic imine (C=N–C) groups is 1. The summed E-state index contributed by atoms with van der Waals surface area (Å²) in [5.74, 6) is -0.345. The van der Waals surface area contributed by atoms with Crippen LogP contribution in [-0.2, 0) is 4.79 Å². The molecule has 27 heavy (non-hydrogen) atoms. The van der Waals surface area contributed by atoms with E-state index in [0.717, 1.165) is 37.7 Å². The van der Waals surface area contributed by atoms with Crippen LogP contribution in [0.5, 0.6) is 0 Å². The number of hydrogen-bond donors (Lipinski definition) is 4. The molecule has 0 atom stereocenters. The van der Waals surface area contributed by atoms with E-state index in [2.05, 4.69) is 34.5 Å². The molecule has 0 aromatic heterocycles. The molecule has 7 heteroatoms. The van der Waals surface area contributed by atoms with Crippen molar-refractivity contribution in [1.82, 2.24) is 15.5 Å². The smallest absolute Gasteiger partial charge is 0.256 e. The number of carbonyl (C=O) groups excluding carboxylic acids is 1. The summed E-state index contributed by atoms with van der Waals surface area (Å²) in [6, 6.07) is 9.36. The van der Waals surface area contributed by atoms with E-state index in [0.29, 0.717) is 12.3 Å². The number of allylic oxidation sites excluding steroid dienone is 1. The molecule has 0 bridgehead atoms. The first-order chi connectivity index (χ1) is 13.0. The van der Waals surface area contributed by atoms with Crippen molar-refractivity contribution in [3.05, 3.63) is 59.2 Å². The number of hydrogen-bond acceptors (Lipinski definition) is 6. The minimum atomic E-state index is -0.387. The third kappa shape index (κ3) is 6.07. The fourth-order valence-corrected chi connectivity index (χ4v) is 2.56. The molecule has 4 N–H and O–H groups in total. The number of aliphatic hydroxyl groups is 1. The topological polar surface area (TPSA) is 101 Å². The molecule has 0 saturated heterocycles. The molecule has 1 aliphatic heterocycles. The summed E-state index contributed by atoms with van der Waals surface area (Å²) in [5.41, 5.74) is 1.41. The van der Waals surface area contributed by atoms with Gasteiger partial charge in [-0.25, -0.2) is 4.99 Å². The Morgan fingerprint density at radius 3 is 2.74 bits per heavy atom. The van der Waals surface area contributed by atoms with Crippen LogP contribution in [0.3, 0.4) is 0 Å². The van der Waals surface area contributed by atoms with Gasteiger partial charge in [-0.1, -0.05) is 37.3 Å². The van der Waals surface area contributed by atoms with E-state index in [1.807, 2.05) is 30.3 Å². The van der Waals surface area contributed by atoms with Crippen LogP contribution in [-0.4, -0.2) is 54.5 Å². The normalized spacial score (nSPS) is 15.5. The van der Waals surface area contributed by atoms with Crippen LogP contribution in [0.4, 0.5) is 0 Å². The van der Waals surface area contributed by atoms with Gasteiger partial charge in [0.2, 0.25) is 0 Å². The lowest BCUT2D eigenvalue weighted by molar-refractivity contribution is -0.117. The lowest BCUT2D eigenvalue weighted by Gasteiger charge is -2.16. The molecule has 0 saturated carbocycles. The third-order valence-electron chi connectivity index (χ3n) is 4.26.